The third-order valence-electron chi connectivity index (χ3n) is 4.09. The van der Waals surface area contributed by atoms with E-state index in [1.54, 1.807) is 18.0 Å². The number of rotatable bonds is 5. The summed E-state index contributed by atoms with van der Waals surface area (Å²) >= 11 is 1.78. The van der Waals surface area contributed by atoms with E-state index < -0.39 is 0 Å². The zero-order chi connectivity index (χ0) is 14.9. The molecule has 6 nitrogen and oxygen atoms in total. The highest BCUT2D eigenvalue weighted by atomic mass is 32.2. The van der Waals surface area contributed by atoms with E-state index in [2.05, 4.69) is 43.8 Å². The van der Waals surface area contributed by atoms with E-state index in [0.29, 0.717) is 0 Å². The molecule has 0 aromatic carbocycles. The van der Waals surface area contributed by atoms with Crippen LogP contribution in [-0.2, 0) is 13.1 Å². The normalized spacial score (nSPS) is 21.2. The van der Waals surface area contributed by atoms with Gasteiger partial charge in [0.25, 0.3) is 0 Å². The summed E-state index contributed by atoms with van der Waals surface area (Å²) in [4.78, 5) is 6.55. The van der Waals surface area contributed by atoms with Crippen LogP contribution in [0.4, 0.5) is 0 Å². The van der Waals surface area contributed by atoms with Crippen molar-refractivity contribution in [3.8, 4) is 0 Å². The van der Waals surface area contributed by atoms with E-state index in [1.165, 1.54) is 24.1 Å². The van der Waals surface area contributed by atoms with Crippen molar-refractivity contribution in [2.24, 2.45) is 5.92 Å². The summed E-state index contributed by atoms with van der Waals surface area (Å²) in [5.41, 5.74) is 2.45. The molecule has 114 valence electrons. The molecule has 1 saturated carbocycles. The Balaban J connectivity index is 1.56. The Hall–Kier alpha value is -1.89. The molecule has 0 spiro atoms. The summed E-state index contributed by atoms with van der Waals surface area (Å²) in [5.74, 6) is 1.71. The van der Waals surface area contributed by atoms with Crippen molar-refractivity contribution in [2.45, 2.75) is 38.2 Å². The van der Waals surface area contributed by atoms with E-state index in [9.17, 15) is 0 Å². The number of pyridine rings is 1. The molecule has 1 atom stereocenters. The van der Waals surface area contributed by atoms with E-state index >= 15 is 0 Å². The van der Waals surface area contributed by atoms with E-state index in [4.69, 9.17) is 0 Å². The van der Waals surface area contributed by atoms with Crippen molar-refractivity contribution >= 4 is 11.8 Å². The Morgan fingerprint density at radius 2 is 2.27 bits per heavy atom. The van der Waals surface area contributed by atoms with Crippen molar-refractivity contribution in [2.75, 3.05) is 0 Å². The van der Waals surface area contributed by atoms with Gasteiger partial charge in [0.2, 0.25) is 0 Å². The maximum absolute atomic E-state index is 4.30. The molecule has 0 bridgehead atoms. The van der Waals surface area contributed by atoms with Gasteiger partial charge < -0.3 is 4.90 Å². The quantitative estimate of drug-likeness (QED) is 0.845. The average molecular weight is 314 g/mol. The predicted molar refractivity (Wildman–Crippen MR) is 84.4 cm³/mol. The summed E-state index contributed by atoms with van der Waals surface area (Å²) < 4.78 is 1.98. The second-order valence-corrected chi connectivity index (χ2v) is 6.85. The lowest BCUT2D eigenvalue weighted by Crippen LogP contribution is -2.24. The number of nitrogens with zero attached hydrogens (tertiary/aromatic N) is 6. The van der Waals surface area contributed by atoms with Gasteiger partial charge in [-0.2, -0.15) is 0 Å². The van der Waals surface area contributed by atoms with Crippen molar-refractivity contribution in [1.82, 2.24) is 30.1 Å². The minimum atomic E-state index is 0.147. The van der Waals surface area contributed by atoms with Gasteiger partial charge in [-0.05, 0) is 53.1 Å². The molecule has 0 radical (unpaired) electrons. The molecular weight excluding hydrogens is 296 g/mol. The molecule has 2 aliphatic rings. The van der Waals surface area contributed by atoms with Gasteiger partial charge in [-0.1, -0.05) is 17.8 Å². The monoisotopic (exact) mass is 314 g/mol. The zero-order valence-electron chi connectivity index (χ0n) is 12.5. The molecule has 0 saturated heterocycles. The lowest BCUT2D eigenvalue weighted by atomic mass is 10.2. The number of hydrogen-bond acceptors (Lipinski definition) is 6. The first-order valence-corrected chi connectivity index (χ1v) is 8.49. The number of tetrazole rings is 1. The predicted octanol–water partition coefficient (Wildman–Crippen LogP) is 2.59. The van der Waals surface area contributed by atoms with Crippen molar-refractivity contribution in [1.29, 1.82) is 0 Å². The van der Waals surface area contributed by atoms with Crippen LogP contribution >= 0.6 is 11.8 Å². The Kier molecular flexibility index (Phi) is 3.57. The Bertz CT molecular complexity index is 678. The molecule has 3 heterocycles. The number of thioether (sulfide) groups is 1. The van der Waals surface area contributed by atoms with Crippen LogP contribution < -0.4 is 0 Å². The zero-order valence-corrected chi connectivity index (χ0v) is 13.3. The highest BCUT2D eigenvalue weighted by Crippen LogP contribution is 2.42. The fraction of sp³-hybridized carbons (Fsp3) is 0.467. The molecule has 1 aliphatic carbocycles. The Morgan fingerprint density at radius 1 is 1.36 bits per heavy atom. The molecule has 22 heavy (non-hydrogen) atoms. The van der Waals surface area contributed by atoms with Crippen LogP contribution in [-0.4, -0.2) is 30.1 Å². The van der Waals surface area contributed by atoms with Gasteiger partial charge in [-0.3, -0.25) is 4.98 Å². The van der Waals surface area contributed by atoms with Gasteiger partial charge in [0.15, 0.2) is 5.82 Å². The molecular formula is C15H18N6S. The maximum Gasteiger partial charge on any atom is 0.184 e. The first-order valence-electron chi connectivity index (χ1n) is 7.55. The van der Waals surface area contributed by atoms with E-state index in [-0.39, 0.29) is 5.37 Å². The minimum Gasteiger partial charge on any atom is -0.351 e. The first kappa shape index (κ1) is 13.8. The highest BCUT2D eigenvalue weighted by Gasteiger charge is 2.32. The van der Waals surface area contributed by atoms with E-state index in [1.807, 2.05) is 16.9 Å². The molecule has 0 amide bonds. The third kappa shape index (κ3) is 2.72. The second-order valence-electron chi connectivity index (χ2n) is 5.90. The molecule has 1 unspecified atom stereocenters. The highest BCUT2D eigenvalue weighted by molar-refractivity contribution is 8.02. The smallest absolute Gasteiger partial charge is 0.184 e. The molecule has 7 heteroatoms. The third-order valence-corrected chi connectivity index (χ3v) is 5.29. The summed E-state index contributed by atoms with van der Waals surface area (Å²) in [6.07, 6.45) is 6.32. The van der Waals surface area contributed by atoms with Crippen LogP contribution in [0.1, 0.15) is 36.5 Å². The van der Waals surface area contributed by atoms with Gasteiger partial charge in [-0.15, -0.1) is 5.10 Å². The Labute approximate surface area is 133 Å². The standard InChI is InChI=1S/C15H18N6S/c1-11-10-22-15(20(11)8-13-3-2-6-16-7-13)14-17-18-19-21(14)9-12-4-5-12/h2-3,6-7,10,12,15H,4-5,8-9H2,1H3. The van der Waals surface area contributed by atoms with Crippen LogP contribution in [0.5, 0.6) is 0 Å². The molecule has 0 N–H and O–H groups in total. The largest absolute Gasteiger partial charge is 0.351 e. The van der Waals surface area contributed by atoms with Gasteiger partial charge in [0.1, 0.15) is 5.37 Å². The SMILES string of the molecule is CC1=CSC(c2nnnn2CC2CC2)N1Cc1cccnc1. The fourth-order valence-electron chi connectivity index (χ4n) is 2.65. The first-order chi connectivity index (χ1) is 10.8. The van der Waals surface area contributed by atoms with Crippen molar-refractivity contribution in [3.63, 3.8) is 0 Å². The summed E-state index contributed by atoms with van der Waals surface area (Å²) in [5, 5.41) is 14.7. The number of hydrogen-bond donors (Lipinski definition) is 0. The van der Waals surface area contributed by atoms with Crippen LogP contribution in [0.15, 0.2) is 35.6 Å². The average Bonchev–Trinajstić information content (AvgIpc) is 3.12. The number of allylic oxidation sites excluding steroid dienone is 1. The Morgan fingerprint density at radius 3 is 3.05 bits per heavy atom. The van der Waals surface area contributed by atoms with Gasteiger partial charge in [0, 0.05) is 31.2 Å². The second kappa shape index (κ2) is 5.72. The van der Waals surface area contributed by atoms with Crippen LogP contribution in [0.25, 0.3) is 0 Å². The molecule has 4 rings (SSSR count). The lowest BCUT2D eigenvalue weighted by Gasteiger charge is -2.27. The molecule has 1 aliphatic heterocycles. The van der Waals surface area contributed by atoms with Crippen molar-refractivity contribution in [3.05, 3.63) is 47.0 Å². The van der Waals surface area contributed by atoms with Gasteiger partial charge >= 0.3 is 0 Å². The van der Waals surface area contributed by atoms with E-state index in [0.717, 1.165) is 24.8 Å². The summed E-state index contributed by atoms with van der Waals surface area (Å²) in [6, 6.07) is 4.08. The lowest BCUT2D eigenvalue weighted by molar-refractivity contribution is 0.310. The summed E-state index contributed by atoms with van der Waals surface area (Å²) in [6.45, 7) is 3.90. The topological polar surface area (TPSA) is 59.7 Å². The summed E-state index contributed by atoms with van der Waals surface area (Å²) in [7, 11) is 0. The van der Waals surface area contributed by atoms with Crippen molar-refractivity contribution < 1.29 is 0 Å². The van der Waals surface area contributed by atoms with Crippen LogP contribution in [0.3, 0.4) is 0 Å². The minimum absolute atomic E-state index is 0.147. The van der Waals surface area contributed by atoms with Crippen LogP contribution in [0.2, 0.25) is 0 Å². The van der Waals surface area contributed by atoms with Crippen LogP contribution in [0, 0.1) is 5.92 Å². The number of aromatic nitrogens is 5. The molecule has 2 aromatic rings. The molecule has 2 aromatic heterocycles. The van der Waals surface area contributed by atoms with Gasteiger partial charge in [-0.25, -0.2) is 4.68 Å². The maximum atomic E-state index is 4.30. The molecule has 1 fully saturated rings. The van der Waals surface area contributed by atoms with Gasteiger partial charge in [0.05, 0.1) is 0 Å². The fourth-order valence-corrected chi connectivity index (χ4v) is 3.79.